The van der Waals surface area contributed by atoms with Crippen LogP contribution in [0.1, 0.15) is 11.1 Å². The van der Waals surface area contributed by atoms with Gasteiger partial charge in [-0.25, -0.2) is 4.39 Å². The van der Waals surface area contributed by atoms with Crippen molar-refractivity contribution >= 4 is 5.57 Å². The molecule has 2 atom stereocenters. The molecule has 6 heteroatoms. The molecule has 3 rings (SSSR count). The second-order valence-electron chi connectivity index (χ2n) is 4.65. The number of benzene rings is 1. The minimum Gasteiger partial charge on any atom is -0.632 e. The molecule has 2 aliphatic heterocycles. The molecule has 0 spiro atoms. The Labute approximate surface area is 100 Å². The molecule has 2 nitrogen and oxygen atoms in total. The average Bonchev–Trinajstić information content (AvgIpc) is 2.80. The fraction of sp³-hybridized carbons (Fsp3) is 0.333. The molecule has 1 saturated heterocycles. The van der Waals surface area contributed by atoms with Crippen molar-refractivity contribution in [3.8, 4) is 0 Å². The molecule has 0 amide bonds. The van der Waals surface area contributed by atoms with E-state index < -0.39 is 28.2 Å². The van der Waals surface area contributed by atoms with Crippen molar-refractivity contribution < 1.29 is 22.2 Å². The Kier molecular flexibility index (Phi) is 2.16. The predicted molar refractivity (Wildman–Crippen MR) is 56.5 cm³/mol. The summed E-state index contributed by atoms with van der Waals surface area (Å²) in [5.74, 6) is -1.29. The lowest BCUT2D eigenvalue weighted by molar-refractivity contribution is -0.742. The molecule has 0 aromatic heterocycles. The highest BCUT2D eigenvalue weighted by molar-refractivity contribution is 5.75. The van der Waals surface area contributed by atoms with Crippen molar-refractivity contribution in [2.45, 2.75) is 12.2 Å². The van der Waals surface area contributed by atoms with Crippen LogP contribution in [-0.4, -0.2) is 23.8 Å². The van der Waals surface area contributed by atoms with Crippen molar-refractivity contribution in [1.82, 2.24) is 0 Å². The van der Waals surface area contributed by atoms with Crippen molar-refractivity contribution in [3.63, 3.8) is 0 Å². The molecule has 1 fully saturated rings. The van der Waals surface area contributed by atoms with Crippen LogP contribution in [0, 0.1) is 11.0 Å². The molecular formula is C12H9F4NO. The van der Waals surface area contributed by atoms with E-state index >= 15 is 0 Å². The zero-order chi connectivity index (χ0) is 13.1. The normalized spacial score (nSPS) is 30.1. The first kappa shape index (κ1) is 11.7. The Morgan fingerprint density at radius 2 is 2.00 bits per heavy atom. The fourth-order valence-corrected chi connectivity index (χ4v) is 2.53. The number of hydrogen-bond donors (Lipinski definition) is 0. The molecule has 1 aromatic rings. The molecule has 2 aliphatic rings. The largest absolute Gasteiger partial charge is 0.632 e. The SMILES string of the molecule is [O-][N+]12CC=C(c3cccc(F)c3C(F)(F)F)C1C2. The van der Waals surface area contributed by atoms with Gasteiger partial charge in [-0.2, -0.15) is 13.2 Å². The van der Waals surface area contributed by atoms with E-state index in [1.807, 2.05) is 0 Å². The van der Waals surface area contributed by atoms with Gasteiger partial charge in [0.25, 0.3) is 0 Å². The number of halogens is 4. The second kappa shape index (κ2) is 3.33. The predicted octanol–water partition coefficient (Wildman–Crippen LogP) is 2.94. The summed E-state index contributed by atoms with van der Waals surface area (Å²) in [6, 6.07) is 2.80. The maximum atomic E-state index is 13.4. The summed E-state index contributed by atoms with van der Waals surface area (Å²) in [6.45, 7) is 0.466. The molecule has 0 saturated carbocycles. The van der Waals surface area contributed by atoms with Gasteiger partial charge < -0.3 is 9.85 Å². The monoisotopic (exact) mass is 259 g/mol. The van der Waals surface area contributed by atoms with Gasteiger partial charge in [0.15, 0.2) is 6.04 Å². The third kappa shape index (κ3) is 1.56. The van der Waals surface area contributed by atoms with Crippen molar-refractivity contribution in [1.29, 1.82) is 0 Å². The van der Waals surface area contributed by atoms with E-state index in [-0.39, 0.29) is 12.1 Å². The Morgan fingerprint density at radius 3 is 2.50 bits per heavy atom. The molecule has 0 bridgehead atoms. The number of rotatable bonds is 1. The third-order valence-electron chi connectivity index (χ3n) is 3.50. The van der Waals surface area contributed by atoms with Crippen molar-refractivity contribution in [2.24, 2.45) is 0 Å². The Morgan fingerprint density at radius 1 is 1.28 bits per heavy atom. The molecule has 0 aliphatic carbocycles. The standard InChI is InChI=1S/C12H9F4NO/c13-9-3-1-2-8(11(9)12(14,15)16)7-4-5-17(18)6-10(7)17/h1-4,10H,5-6H2. The van der Waals surface area contributed by atoms with E-state index in [0.29, 0.717) is 12.1 Å². The minimum atomic E-state index is -4.75. The van der Waals surface area contributed by atoms with Crippen LogP contribution in [0.2, 0.25) is 0 Å². The lowest BCUT2D eigenvalue weighted by atomic mass is 9.97. The van der Waals surface area contributed by atoms with E-state index in [1.165, 1.54) is 18.2 Å². The highest BCUT2D eigenvalue weighted by Gasteiger charge is 2.55. The van der Waals surface area contributed by atoms with Gasteiger partial charge in [0.2, 0.25) is 0 Å². The van der Waals surface area contributed by atoms with Crippen LogP contribution in [0.5, 0.6) is 0 Å². The van der Waals surface area contributed by atoms with E-state index in [0.717, 1.165) is 6.07 Å². The number of fused-ring (bicyclic) bond motifs is 1. The summed E-state index contributed by atoms with van der Waals surface area (Å²) >= 11 is 0. The summed E-state index contributed by atoms with van der Waals surface area (Å²) in [6.07, 6.45) is -3.26. The minimum absolute atomic E-state index is 0.174. The van der Waals surface area contributed by atoms with E-state index in [9.17, 15) is 22.8 Å². The van der Waals surface area contributed by atoms with E-state index in [1.54, 1.807) is 0 Å². The first-order chi connectivity index (χ1) is 8.33. The zero-order valence-electron chi connectivity index (χ0n) is 9.17. The van der Waals surface area contributed by atoms with Crippen LogP contribution in [0.15, 0.2) is 24.3 Å². The van der Waals surface area contributed by atoms with Crippen LogP contribution in [-0.2, 0) is 6.18 Å². The van der Waals surface area contributed by atoms with Crippen LogP contribution in [0.25, 0.3) is 5.57 Å². The van der Waals surface area contributed by atoms with Gasteiger partial charge >= 0.3 is 6.18 Å². The van der Waals surface area contributed by atoms with Gasteiger partial charge in [-0.3, -0.25) is 0 Å². The fourth-order valence-electron chi connectivity index (χ4n) is 2.53. The highest BCUT2D eigenvalue weighted by atomic mass is 19.4. The number of quaternary nitrogens is 1. The Bertz CT molecular complexity index is 551. The van der Waals surface area contributed by atoms with Crippen LogP contribution in [0.3, 0.4) is 0 Å². The van der Waals surface area contributed by atoms with Gasteiger partial charge in [-0.1, -0.05) is 12.1 Å². The summed E-state index contributed by atoms with van der Waals surface area (Å²) < 4.78 is 51.5. The van der Waals surface area contributed by atoms with Gasteiger partial charge in [0.1, 0.15) is 12.4 Å². The molecule has 2 unspecified atom stereocenters. The molecule has 18 heavy (non-hydrogen) atoms. The average molecular weight is 259 g/mol. The summed E-state index contributed by atoms with van der Waals surface area (Å²) in [7, 11) is 0. The molecule has 0 radical (unpaired) electrons. The summed E-state index contributed by atoms with van der Waals surface area (Å²) in [4.78, 5) is 0. The zero-order valence-corrected chi connectivity index (χ0v) is 9.17. The maximum absolute atomic E-state index is 13.4. The topological polar surface area (TPSA) is 23.1 Å². The molecular weight excluding hydrogens is 250 g/mol. The third-order valence-corrected chi connectivity index (χ3v) is 3.50. The lowest BCUT2D eigenvalue weighted by Gasteiger charge is -2.18. The Hall–Kier alpha value is -1.40. The van der Waals surface area contributed by atoms with Crippen LogP contribution >= 0.6 is 0 Å². The summed E-state index contributed by atoms with van der Waals surface area (Å²) in [5.41, 5.74) is -1.13. The lowest BCUT2D eigenvalue weighted by Crippen LogP contribution is -2.16. The Balaban J connectivity index is 2.11. The van der Waals surface area contributed by atoms with Crippen LogP contribution in [0.4, 0.5) is 17.6 Å². The number of hydrogen-bond acceptors (Lipinski definition) is 1. The number of hydroxylamine groups is 3. The van der Waals surface area contributed by atoms with Gasteiger partial charge in [-0.05, 0) is 17.7 Å². The maximum Gasteiger partial charge on any atom is 0.419 e. The van der Waals surface area contributed by atoms with E-state index in [2.05, 4.69) is 0 Å². The molecule has 1 aromatic carbocycles. The van der Waals surface area contributed by atoms with Gasteiger partial charge in [0.05, 0.1) is 12.1 Å². The van der Waals surface area contributed by atoms with Crippen molar-refractivity contribution in [3.05, 3.63) is 46.4 Å². The first-order valence-electron chi connectivity index (χ1n) is 5.47. The number of nitrogens with zero attached hydrogens (tertiary/aromatic N) is 1. The highest BCUT2D eigenvalue weighted by Crippen LogP contribution is 2.47. The van der Waals surface area contributed by atoms with Crippen molar-refractivity contribution in [2.75, 3.05) is 13.1 Å². The second-order valence-corrected chi connectivity index (χ2v) is 4.65. The first-order valence-corrected chi connectivity index (χ1v) is 5.47. The molecule has 96 valence electrons. The number of alkyl halides is 3. The van der Waals surface area contributed by atoms with Crippen LogP contribution < -0.4 is 0 Å². The molecule has 0 N–H and O–H groups in total. The van der Waals surface area contributed by atoms with E-state index in [4.69, 9.17) is 0 Å². The quantitative estimate of drug-likeness (QED) is 0.329. The molecule has 2 heterocycles. The van der Waals surface area contributed by atoms with Gasteiger partial charge in [-0.15, -0.1) is 0 Å². The van der Waals surface area contributed by atoms with Gasteiger partial charge in [0, 0.05) is 5.57 Å². The smallest absolute Gasteiger partial charge is 0.419 e. The summed E-state index contributed by atoms with van der Waals surface area (Å²) in [5, 5.41) is 11.7.